The van der Waals surface area contributed by atoms with Gasteiger partial charge in [-0.25, -0.2) is 0 Å². The molecule has 2 saturated heterocycles. The highest BCUT2D eigenvalue weighted by atomic mass is 35.5. The van der Waals surface area contributed by atoms with Crippen molar-refractivity contribution in [1.82, 2.24) is 5.32 Å². The molecule has 0 radical (unpaired) electrons. The summed E-state index contributed by atoms with van der Waals surface area (Å²) in [4.78, 5) is 13.0. The summed E-state index contributed by atoms with van der Waals surface area (Å²) in [5.41, 5.74) is 0.176. The quantitative estimate of drug-likeness (QED) is 0.898. The van der Waals surface area contributed by atoms with Crippen LogP contribution in [0.5, 0.6) is 0 Å². The lowest BCUT2D eigenvalue weighted by Crippen LogP contribution is -2.49. The molecule has 0 spiro atoms. The molecule has 0 saturated carbocycles. The van der Waals surface area contributed by atoms with Gasteiger partial charge in [0, 0.05) is 36.4 Å². The molecule has 4 nitrogen and oxygen atoms in total. The zero-order valence-corrected chi connectivity index (χ0v) is 14.5. The van der Waals surface area contributed by atoms with Gasteiger partial charge in [-0.05, 0) is 43.4 Å². The van der Waals surface area contributed by atoms with Gasteiger partial charge in [0.1, 0.15) is 0 Å². The molecular weight excluding hydrogens is 337 g/mol. The second kappa shape index (κ2) is 7.39. The van der Waals surface area contributed by atoms with E-state index in [9.17, 15) is 4.79 Å². The SMILES string of the molecule is O=C(NCC1CCCO1)C1(c2ccc(Cl)cc2Cl)CCOCC1. The minimum atomic E-state index is -0.654. The Balaban J connectivity index is 1.82. The van der Waals surface area contributed by atoms with Crippen molar-refractivity contribution in [2.45, 2.75) is 37.2 Å². The zero-order chi connectivity index (χ0) is 16.3. The highest BCUT2D eigenvalue weighted by Crippen LogP contribution is 2.40. The monoisotopic (exact) mass is 357 g/mol. The van der Waals surface area contributed by atoms with E-state index >= 15 is 0 Å². The normalized spacial score (nSPS) is 23.7. The molecule has 3 rings (SSSR count). The van der Waals surface area contributed by atoms with E-state index in [1.165, 1.54) is 0 Å². The summed E-state index contributed by atoms with van der Waals surface area (Å²) in [6.07, 6.45) is 3.41. The van der Waals surface area contributed by atoms with Crippen LogP contribution < -0.4 is 5.32 Å². The average Bonchev–Trinajstić information content (AvgIpc) is 3.06. The molecule has 1 aromatic rings. The van der Waals surface area contributed by atoms with Crippen molar-refractivity contribution in [1.29, 1.82) is 0 Å². The highest BCUT2D eigenvalue weighted by Gasteiger charge is 2.43. The van der Waals surface area contributed by atoms with E-state index in [4.69, 9.17) is 32.7 Å². The number of carbonyl (C=O) groups excluding carboxylic acids is 1. The molecule has 1 N–H and O–H groups in total. The topological polar surface area (TPSA) is 47.6 Å². The van der Waals surface area contributed by atoms with Crippen molar-refractivity contribution in [3.05, 3.63) is 33.8 Å². The minimum absolute atomic E-state index is 0.000484. The molecule has 23 heavy (non-hydrogen) atoms. The van der Waals surface area contributed by atoms with E-state index < -0.39 is 5.41 Å². The Labute approximate surface area is 146 Å². The zero-order valence-electron chi connectivity index (χ0n) is 12.9. The maximum atomic E-state index is 13.0. The molecule has 2 aliphatic rings. The van der Waals surface area contributed by atoms with Gasteiger partial charge in [0.05, 0.1) is 11.5 Å². The van der Waals surface area contributed by atoms with E-state index in [0.29, 0.717) is 42.6 Å². The molecule has 6 heteroatoms. The van der Waals surface area contributed by atoms with Gasteiger partial charge in [0.25, 0.3) is 0 Å². The van der Waals surface area contributed by atoms with Crippen LogP contribution >= 0.6 is 23.2 Å². The molecule has 1 atom stereocenters. The number of benzene rings is 1. The number of nitrogens with one attached hydrogen (secondary N) is 1. The maximum absolute atomic E-state index is 13.0. The van der Waals surface area contributed by atoms with Crippen molar-refractivity contribution in [3.63, 3.8) is 0 Å². The van der Waals surface area contributed by atoms with Crippen LogP contribution in [0.15, 0.2) is 18.2 Å². The second-order valence-corrected chi connectivity index (χ2v) is 7.01. The average molecular weight is 358 g/mol. The predicted molar refractivity (Wildman–Crippen MR) is 90.2 cm³/mol. The smallest absolute Gasteiger partial charge is 0.230 e. The van der Waals surface area contributed by atoms with Crippen LogP contribution in [-0.2, 0) is 19.7 Å². The Morgan fingerprint density at radius 2 is 2.04 bits per heavy atom. The third-order valence-electron chi connectivity index (χ3n) is 4.74. The summed E-state index contributed by atoms with van der Waals surface area (Å²) in [6.45, 7) is 2.42. The summed E-state index contributed by atoms with van der Waals surface area (Å²) in [5.74, 6) is 0.000484. The Morgan fingerprint density at radius 3 is 2.70 bits per heavy atom. The summed E-state index contributed by atoms with van der Waals surface area (Å²) < 4.78 is 11.0. The third-order valence-corrected chi connectivity index (χ3v) is 5.29. The molecule has 2 aliphatic heterocycles. The van der Waals surface area contributed by atoms with Crippen molar-refractivity contribution in [2.75, 3.05) is 26.4 Å². The van der Waals surface area contributed by atoms with Crippen LogP contribution in [0, 0.1) is 0 Å². The van der Waals surface area contributed by atoms with Gasteiger partial charge < -0.3 is 14.8 Å². The third kappa shape index (κ3) is 3.66. The largest absolute Gasteiger partial charge is 0.381 e. The van der Waals surface area contributed by atoms with E-state index in [1.807, 2.05) is 6.07 Å². The number of rotatable bonds is 4. The Kier molecular flexibility index (Phi) is 5.47. The van der Waals surface area contributed by atoms with Crippen LogP contribution in [0.25, 0.3) is 0 Å². The lowest BCUT2D eigenvalue weighted by Gasteiger charge is -2.37. The van der Waals surface area contributed by atoms with Gasteiger partial charge in [-0.3, -0.25) is 4.79 Å². The molecule has 1 aromatic carbocycles. The van der Waals surface area contributed by atoms with Crippen LogP contribution in [-0.4, -0.2) is 38.4 Å². The van der Waals surface area contributed by atoms with Crippen LogP contribution in [0.2, 0.25) is 10.0 Å². The van der Waals surface area contributed by atoms with Crippen molar-refractivity contribution < 1.29 is 14.3 Å². The maximum Gasteiger partial charge on any atom is 0.230 e. The Bertz CT molecular complexity index is 567. The highest BCUT2D eigenvalue weighted by molar-refractivity contribution is 6.35. The Morgan fingerprint density at radius 1 is 1.26 bits per heavy atom. The molecule has 0 aromatic heterocycles. The molecule has 1 amide bonds. The number of hydrogen-bond donors (Lipinski definition) is 1. The number of hydrogen-bond acceptors (Lipinski definition) is 3. The molecule has 0 aliphatic carbocycles. The first-order valence-electron chi connectivity index (χ1n) is 8.05. The molecule has 0 bridgehead atoms. The summed E-state index contributed by atoms with van der Waals surface area (Å²) in [5, 5.41) is 4.17. The van der Waals surface area contributed by atoms with Crippen LogP contribution in [0.3, 0.4) is 0 Å². The fourth-order valence-electron chi connectivity index (χ4n) is 3.40. The van der Waals surface area contributed by atoms with E-state index in [1.54, 1.807) is 12.1 Å². The minimum Gasteiger partial charge on any atom is -0.381 e. The van der Waals surface area contributed by atoms with E-state index in [-0.39, 0.29) is 12.0 Å². The molecule has 2 fully saturated rings. The van der Waals surface area contributed by atoms with Gasteiger partial charge in [0.15, 0.2) is 0 Å². The number of carbonyl (C=O) groups is 1. The molecular formula is C17H21Cl2NO3. The van der Waals surface area contributed by atoms with E-state index in [0.717, 1.165) is 25.0 Å². The number of amides is 1. The van der Waals surface area contributed by atoms with Crippen LogP contribution in [0.1, 0.15) is 31.2 Å². The number of halogens is 2. The predicted octanol–water partition coefficient (Wildman–Crippen LogP) is 3.34. The summed E-state index contributed by atoms with van der Waals surface area (Å²) in [6, 6.07) is 5.35. The first-order chi connectivity index (χ1) is 11.1. The second-order valence-electron chi connectivity index (χ2n) is 6.16. The first-order valence-corrected chi connectivity index (χ1v) is 8.80. The number of ether oxygens (including phenoxy) is 2. The Hall–Kier alpha value is -0.810. The van der Waals surface area contributed by atoms with Crippen molar-refractivity contribution >= 4 is 29.1 Å². The van der Waals surface area contributed by atoms with Gasteiger partial charge in [-0.15, -0.1) is 0 Å². The lowest BCUT2D eigenvalue weighted by molar-refractivity contribution is -0.131. The van der Waals surface area contributed by atoms with Gasteiger partial charge in [-0.2, -0.15) is 0 Å². The van der Waals surface area contributed by atoms with Crippen molar-refractivity contribution in [2.24, 2.45) is 0 Å². The van der Waals surface area contributed by atoms with Crippen molar-refractivity contribution in [3.8, 4) is 0 Å². The van der Waals surface area contributed by atoms with E-state index in [2.05, 4.69) is 5.32 Å². The van der Waals surface area contributed by atoms with Gasteiger partial charge in [-0.1, -0.05) is 29.3 Å². The molecule has 1 unspecified atom stereocenters. The molecule has 2 heterocycles. The van der Waals surface area contributed by atoms with Crippen LogP contribution in [0.4, 0.5) is 0 Å². The lowest BCUT2D eigenvalue weighted by atomic mass is 9.73. The summed E-state index contributed by atoms with van der Waals surface area (Å²) in [7, 11) is 0. The fraction of sp³-hybridized carbons (Fsp3) is 0.588. The van der Waals surface area contributed by atoms with Gasteiger partial charge in [0.2, 0.25) is 5.91 Å². The molecule has 126 valence electrons. The van der Waals surface area contributed by atoms with Gasteiger partial charge >= 0.3 is 0 Å². The standard InChI is InChI=1S/C17H21Cl2NO3/c18-12-3-4-14(15(19)10-12)17(5-8-22-9-6-17)16(21)20-11-13-2-1-7-23-13/h3-4,10,13H,1-2,5-9,11H2,(H,20,21). The summed E-state index contributed by atoms with van der Waals surface area (Å²) >= 11 is 12.4. The fourth-order valence-corrected chi connectivity index (χ4v) is 3.99. The first kappa shape index (κ1) is 17.0.